The molecular weight excluding hydrogens is 424 g/mol. The molecule has 0 bridgehead atoms. The number of halogens is 2. The van der Waals surface area contributed by atoms with E-state index >= 15 is 0 Å². The number of unbranched alkanes of at least 4 members (excludes halogenated alkanes) is 1. The van der Waals surface area contributed by atoms with Crippen LogP contribution >= 0.6 is 0 Å². The molecular formula is C26H37F2N3O2. The van der Waals surface area contributed by atoms with Gasteiger partial charge in [-0.3, -0.25) is 10.2 Å². The lowest BCUT2D eigenvalue weighted by atomic mass is 9.75. The maximum absolute atomic E-state index is 14.1. The summed E-state index contributed by atoms with van der Waals surface area (Å²) < 4.78 is 28.1. The summed E-state index contributed by atoms with van der Waals surface area (Å²) in [6, 6.07) is 8.64. The zero-order chi connectivity index (χ0) is 23.7. The van der Waals surface area contributed by atoms with Crippen LogP contribution in [0, 0.1) is 16.7 Å². The van der Waals surface area contributed by atoms with E-state index in [-0.39, 0.29) is 18.3 Å². The van der Waals surface area contributed by atoms with Gasteiger partial charge in [-0.2, -0.15) is 0 Å². The van der Waals surface area contributed by atoms with Crippen LogP contribution in [0.2, 0.25) is 0 Å². The summed E-state index contributed by atoms with van der Waals surface area (Å²) in [5.41, 5.74) is -1.41. The van der Waals surface area contributed by atoms with E-state index in [1.165, 1.54) is 0 Å². The second kappa shape index (κ2) is 9.32. The van der Waals surface area contributed by atoms with Gasteiger partial charge in [-0.15, -0.1) is 0 Å². The van der Waals surface area contributed by atoms with Crippen molar-refractivity contribution in [1.29, 1.82) is 5.41 Å². The average Bonchev–Trinajstić information content (AvgIpc) is 3.41. The molecule has 4 rings (SSSR count). The Bertz CT molecular complexity index is 854. The van der Waals surface area contributed by atoms with Gasteiger partial charge in [0.1, 0.15) is 0 Å². The standard InChI is InChI=1S/C26H37F2N3O2/c1-2-3-9-22(29)31-17-14-24(19-31)12-15-30(16-13-24)23(32)26(33,20-7-5-4-6-8-20)21-10-11-25(27,28)18-21/h4-8,21,29,33H,2-3,9-19H2,1H3/t21-,26+/m1/s1. The molecule has 3 aliphatic rings. The summed E-state index contributed by atoms with van der Waals surface area (Å²) in [5, 5.41) is 20.1. The first-order valence-electron chi connectivity index (χ1n) is 12.5. The molecule has 1 aliphatic carbocycles. The third kappa shape index (κ3) is 4.79. The molecule has 2 aliphatic heterocycles. The highest BCUT2D eigenvalue weighted by Gasteiger charge is 2.55. The Hall–Kier alpha value is -2.02. The second-order valence-corrected chi connectivity index (χ2v) is 10.4. The Balaban J connectivity index is 1.46. The van der Waals surface area contributed by atoms with Gasteiger partial charge in [-0.1, -0.05) is 43.7 Å². The van der Waals surface area contributed by atoms with Gasteiger partial charge in [-0.25, -0.2) is 8.78 Å². The van der Waals surface area contributed by atoms with Crippen molar-refractivity contribution in [3.05, 3.63) is 35.9 Å². The molecule has 1 amide bonds. The predicted molar refractivity (Wildman–Crippen MR) is 124 cm³/mol. The van der Waals surface area contributed by atoms with E-state index in [2.05, 4.69) is 11.8 Å². The van der Waals surface area contributed by atoms with Crippen LogP contribution in [-0.2, 0) is 10.4 Å². The number of hydrogen-bond acceptors (Lipinski definition) is 3. The van der Waals surface area contributed by atoms with E-state index in [0.717, 1.165) is 51.6 Å². The first-order chi connectivity index (χ1) is 15.7. The molecule has 0 unspecified atom stereocenters. The molecule has 0 radical (unpaired) electrons. The highest BCUT2D eigenvalue weighted by molar-refractivity contribution is 5.87. The summed E-state index contributed by atoms with van der Waals surface area (Å²) >= 11 is 0. The zero-order valence-corrected chi connectivity index (χ0v) is 19.7. The summed E-state index contributed by atoms with van der Waals surface area (Å²) in [6.45, 7) is 4.92. The van der Waals surface area contributed by atoms with Crippen LogP contribution in [-0.4, -0.2) is 58.8 Å². The van der Waals surface area contributed by atoms with Crippen LogP contribution in [0.5, 0.6) is 0 Å². The van der Waals surface area contributed by atoms with Crippen molar-refractivity contribution in [1.82, 2.24) is 9.80 Å². The lowest BCUT2D eigenvalue weighted by molar-refractivity contribution is -0.162. The van der Waals surface area contributed by atoms with Crippen molar-refractivity contribution in [2.24, 2.45) is 11.3 Å². The first kappa shape index (κ1) is 24.1. The summed E-state index contributed by atoms with van der Waals surface area (Å²) in [4.78, 5) is 17.6. The van der Waals surface area contributed by atoms with Gasteiger partial charge in [0.15, 0.2) is 5.60 Å². The number of carbonyl (C=O) groups excluding carboxylic acids is 1. The van der Waals surface area contributed by atoms with Gasteiger partial charge in [0, 0.05) is 51.4 Å². The molecule has 5 nitrogen and oxygen atoms in total. The van der Waals surface area contributed by atoms with Gasteiger partial charge < -0.3 is 14.9 Å². The fraction of sp³-hybridized carbons (Fsp3) is 0.692. The van der Waals surface area contributed by atoms with E-state index < -0.39 is 29.8 Å². The van der Waals surface area contributed by atoms with Crippen LogP contribution in [0.3, 0.4) is 0 Å². The number of alkyl halides is 2. The first-order valence-corrected chi connectivity index (χ1v) is 12.5. The van der Waals surface area contributed by atoms with Crippen molar-refractivity contribution in [2.45, 2.75) is 76.2 Å². The summed E-state index contributed by atoms with van der Waals surface area (Å²) in [5.74, 6) is -3.35. The van der Waals surface area contributed by atoms with Crippen LogP contribution in [0.25, 0.3) is 0 Å². The second-order valence-electron chi connectivity index (χ2n) is 10.4. The number of rotatable bonds is 6. The molecule has 7 heteroatoms. The number of hydrogen-bond donors (Lipinski definition) is 2. The molecule has 182 valence electrons. The minimum absolute atomic E-state index is 0.0978. The Labute approximate surface area is 195 Å². The van der Waals surface area contributed by atoms with E-state index in [9.17, 15) is 18.7 Å². The van der Waals surface area contributed by atoms with Crippen molar-refractivity contribution in [3.8, 4) is 0 Å². The Morgan fingerprint density at radius 3 is 2.33 bits per heavy atom. The topological polar surface area (TPSA) is 67.6 Å². The van der Waals surface area contributed by atoms with Gasteiger partial charge >= 0.3 is 0 Å². The number of likely N-dealkylation sites (tertiary alicyclic amines) is 2. The average molecular weight is 462 g/mol. The normalized spacial score (nSPS) is 25.9. The van der Waals surface area contributed by atoms with Crippen molar-refractivity contribution in [3.63, 3.8) is 0 Å². The summed E-state index contributed by atoms with van der Waals surface area (Å²) in [6.07, 6.45) is 4.97. The number of benzene rings is 1. The van der Waals surface area contributed by atoms with Crippen molar-refractivity contribution < 1.29 is 18.7 Å². The molecule has 33 heavy (non-hydrogen) atoms. The highest BCUT2D eigenvalue weighted by atomic mass is 19.3. The van der Waals surface area contributed by atoms with E-state index in [4.69, 9.17) is 5.41 Å². The number of carbonyl (C=O) groups is 1. The lowest BCUT2D eigenvalue weighted by Crippen LogP contribution is -2.54. The molecule has 1 spiro atoms. The van der Waals surface area contributed by atoms with Crippen LogP contribution < -0.4 is 0 Å². The number of amidine groups is 1. The smallest absolute Gasteiger partial charge is 0.259 e. The van der Waals surface area contributed by atoms with Gasteiger partial charge in [0.25, 0.3) is 5.91 Å². The Kier molecular flexibility index (Phi) is 6.81. The molecule has 2 saturated heterocycles. The predicted octanol–water partition coefficient (Wildman–Crippen LogP) is 4.79. The molecule has 2 heterocycles. The maximum atomic E-state index is 14.1. The molecule has 2 N–H and O–H groups in total. The van der Waals surface area contributed by atoms with Gasteiger partial charge in [-0.05, 0) is 43.1 Å². The highest BCUT2D eigenvalue weighted by Crippen LogP contribution is 2.49. The maximum Gasteiger partial charge on any atom is 0.259 e. The zero-order valence-electron chi connectivity index (χ0n) is 19.7. The largest absolute Gasteiger partial charge is 0.375 e. The third-order valence-electron chi connectivity index (χ3n) is 8.23. The number of nitrogens with one attached hydrogen (secondary N) is 1. The monoisotopic (exact) mass is 461 g/mol. The minimum atomic E-state index is -2.84. The molecule has 1 aromatic rings. The van der Waals surface area contributed by atoms with Crippen LogP contribution in [0.15, 0.2) is 30.3 Å². The van der Waals surface area contributed by atoms with Gasteiger partial charge in [0.2, 0.25) is 5.92 Å². The van der Waals surface area contributed by atoms with Crippen LogP contribution in [0.4, 0.5) is 8.78 Å². The quantitative estimate of drug-likeness (QED) is 0.473. The fourth-order valence-electron chi connectivity index (χ4n) is 6.03. The van der Waals surface area contributed by atoms with Crippen molar-refractivity contribution in [2.75, 3.05) is 26.2 Å². The van der Waals surface area contributed by atoms with E-state index in [1.54, 1.807) is 35.2 Å². The number of aliphatic hydroxyl groups is 1. The number of piperidine rings is 1. The minimum Gasteiger partial charge on any atom is -0.375 e. The number of nitrogens with zero attached hydrogens (tertiary/aromatic N) is 2. The molecule has 3 fully saturated rings. The summed E-state index contributed by atoms with van der Waals surface area (Å²) in [7, 11) is 0. The fourth-order valence-corrected chi connectivity index (χ4v) is 6.03. The molecule has 2 atom stereocenters. The van der Waals surface area contributed by atoms with Crippen molar-refractivity contribution >= 4 is 11.7 Å². The Morgan fingerprint density at radius 2 is 1.76 bits per heavy atom. The van der Waals surface area contributed by atoms with Gasteiger partial charge in [0.05, 0.1) is 5.84 Å². The number of amides is 1. The molecule has 1 saturated carbocycles. The lowest BCUT2D eigenvalue weighted by Gasteiger charge is -2.43. The van der Waals surface area contributed by atoms with E-state index in [0.29, 0.717) is 24.5 Å². The SMILES string of the molecule is CCCCC(=N)N1CCC2(CCN(C(=O)[C@](O)(c3ccccc3)[C@@H]3CCC(F)(F)C3)CC2)C1. The molecule has 0 aromatic heterocycles. The Morgan fingerprint density at radius 1 is 1.12 bits per heavy atom. The molecule has 1 aromatic carbocycles. The van der Waals surface area contributed by atoms with Crippen LogP contribution in [0.1, 0.15) is 70.3 Å². The third-order valence-corrected chi connectivity index (χ3v) is 8.23. The van der Waals surface area contributed by atoms with E-state index in [1.807, 2.05) is 0 Å².